The minimum absolute atomic E-state index is 0.0272. The predicted molar refractivity (Wildman–Crippen MR) is 83.2 cm³/mol. The smallest absolute Gasteiger partial charge is 0.337 e. The Morgan fingerprint density at radius 3 is 2.41 bits per heavy atom. The van der Waals surface area contributed by atoms with Gasteiger partial charge in [0, 0.05) is 18.3 Å². The number of hydrogen-bond donors (Lipinski definition) is 3. The minimum atomic E-state index is -1.10. The zero-order valence-electron chi connectivity index (χ0n) is 12.5. The summed E-state index contributed by atoms with van der Waals surface area (Å²) in [5.74, 6) is 0.00502. The van der Waals surface area contributed by atoms with Gasteiger partial charge in [0.1, 0.15) is 0 Å². The van der Waals surface area contributed by atoms with Crippen LogP contribution in [0.5, 0.6) is 11.5 Å². The molecule has 0 aliphatic heterocycles. The quantitative estimate of drug-likeness (QED) is 0.778. The molecule has 4 N–H and O–H groups in total. The van der Waals surface area contributed by atoms with Crippen LogP contribution in [0, 0.1) is 6.92 Å². The molecule has 0 atom stereocenters. The monoisotopic (exact) mass is 303 g/mol. The summed E-state index contributed by atoms with van der Waals surface area (Å²) >= 11 is 0. The van der Waals surface area contributed by atoms with Crippen LogP contribution in [0.4, 0.5) is 17.2 Å². The maximum Gasteiger partial charge on any atom is 0.337 e. The Labute approximate surface area is 127 Å². The first-order chi connectivity index (χ1) is 10.5. The Morgan fingerprint density at radius 2 is 1.86 bits per heavy atom. The molecule has 1 heterocycles. The lowest BCUT2D eigenvalue weighted by Gasteiger charge is -2.15. The van der Waals surface area contributed by atoms with Gasteiger partial charge in [-0.1, -0.05) is 0 Å². The highest BCUT2D eigenvalue weighted by Crippen LogP contribution is 2.35. The number of aromatic nitrogens is 1. The molecule has 0 bridgehead atoms. The number of nitrogen functional groups attached to an aromatic ring is 1. The van der Waals surface area contributed by atoms with E-state index in [0.717, 1.165) is 5.56 Å². The van der Waals surface area contributed by atoms with E-state index in [0.29, 0.717) is 28.7 Å². The maximum atomic E-state index is 11.4. The summed E-state index contributed by atoms with van der Waals surface area (Å²) in [6.07, 6.45) is 1.64. The van der Waals surface area contributed by atoms with Crippen molar-refractivity contribution in [3.05, 3.63) is 35.5 Å². The lowest BCUT2D eigenvalue weighted by Crippen LogP contribution is -2.07. The topological polar surface area (TPSA) is 107 Å². The van der Waals surface area contributed by atoms with Crippen LogP contribution < -0.4 is 20.5 Å². The van der Waals surface area contributed by atoms with Gasteiger partial charge in [0.15, 0.2) is 17.3 Å². The van der Waals surface area contributed by atoms with E-state index >= 15 is 0 Å². The summed E-state index contributed by atoms with van der Waals surface area (Å²) < 4.78 is 10.3. The number of methoxy groups -OCH3 is 2. The van der Waals surface area contributed by atoms with E-state index in [9.17, 15) is 9.90 Å². The first kappa shape index (κ1) is 15.4. The number of carbonyl (C=O) groups is 1. The molecule has 2 rings (SSSR count). The number of aromatic carboxylic acids is 1. The lowest BCUT2D eigenvalue weighted by atomic mass is 10.1. The summed E-state index contributed by atoms with van der Waals surface area (Å²) in [6.45, 7) is 1.87. The molecule has 0 aliphatic carbocycles. The first-order valence-corrected chi connectivity index (χ1v) is 6.44. The molecule has 0 fully saturated rings. The molecule has 0 radical (unpaired) electrons. The first-order valence-electron chi connectivity index (χ1n) is 6.44. The number of pyridine rings is 1. The molecule has 0 aliphatic rings. The largest absolute Gasteiger partial charge is 0.493 e. The Kier molecular flexibility index (Phi) is 4.36. The fourth-order valence-electron chi connectivity index (χ4n) is 1.98. The highest BCUT2D eigenvalue weighted by molar-refractivity contribution is 5.96. The van der Waals surface area contributed by atoms with Gasteiger partial charge >= 0.3 is 5.97 Å². The number of anilines is 3. The fourth-order valence-corrected chi connectivity index (χ4v) is 1.98. The van der Waals surface area contributed by atoms with Crippen LogP contribution in [0.1, 0.15) is 15.9 Å². The third-order valence-corrected chi connectivity index (χ3v) is 3.06. The molecule has 7 nitrogen and oxygen atoms in total. The number of rotatable bonds is 5. The molecule has 0 unspecified atom stereocenters. The molecule has 0 saturated carbocycles. The van der Waals surface area contributed by atoms with Crippen molar-refractivity contribution in [2.75, 3.05) is 25.3 Å². The van der Waals surface area contributed by atoms with Crippen LogP contribution in [0.25, 0.3) is 0 Å². The van der Waals surface area contributed by atoms with Gasteiger partial charge in [-0.25, -0.2) is 9.78 Å². The van der Waals surface area contributed by atoms with Crippen molar-refractivity contribution >= 4 is 23.2 Å². The summed E-state index contributed by atoms with van der Waals surface area (Å²) in [7, 11) is 2.91. The summed E-state index contributed by atoms with van der Waals surface area (Å²) in [4.78, 5) is 15.6. The second kappa shape index (κ2) is 6.21. The molecular weight excluding hydrogens is 286 g/mol. The Hall–Kier alpha value is -2.96. The third-order valence-electron chi connectivity index (χ3n) is 3.06. The average molecular weight is 303 g/mol. The summed E-state index contributed by atoms with van der Waals surface area (Å²) in [5.41, 5.74) is 7.57. The van der Waals surface area contributed by atoms with Crippen LogP contribution in [-0.2, 0) is 0 Å². The van der Waals surface area contributed by atoms with Crippen LogP contribution in [0.3, 0.4) is 0 Å². The average Bonchev–Trinajstić information content (AvgIpc) is 2.49. The van der Waals surface area contributed by atoms with Gasteiger partial charge in [-0.05, 0) is 18.6 Å². The molecule has 1 aromatic carbocycles. The third kappa shape index (κ3) is 3.03. The van der Waals surface area contributed by atoms with E-state index in [1.165, 1.54) is 26.4 Å². The van der Waals surface area contributed by atoms with Crippen LogP contribution in [0.2, 0.25) is 0 Å². The van der Waals surface area contributed by atoms with Crippen molar-refractivity contribution in [3.8, 4) is 11.5 Å². The van der Waals surface area contributed by atoms with Gasteiger partial charge in [-0.2, -0.15) is 0 Å². The van der Waals surface area contributed by atoms with E-state index in [-0.39, 0.29) is 5.56 Å². The molecule has 116 valence electrons. The number of nitrogens with zero attached hydrogens (tertiary/aromatic N) is 1. The van der Waals surface area contributed by atoms with Crippen molar-refractivity contribution in [1.82, 2.24) is 4.98 Å². The lowest BCUT2D eigenvalue weighted by molar-refractivity contribution is 0.0697. The van der Waals surface area contributed by atoms with Crippen molar-refractivity contribution in [2.24, 2.45) is 0 Å². The predicted octanol–water partition coefficient (Wildman–Crippen LogP) is 2.43. The van der Waals surface area contributed by atoms with Gasteiger partial charge < -0.3 is 25.6 Å². The zero-order chi connectivity index (χ0) is 16.3. The second-order valence-electron chi connectivity index (χ2n) is 4.63. The Bertz CT molecular complexity index is 716. The van der Waals surface area contributed by atoms with E-state index in [2.05, 4.69) is 10.3 Å². The number of ether oxygens (including phenoxy) is 2. The summed E-state index contributed by atoms with van der Waals surface area (Å²) in [6, 6.07) is 4.66. The number of nitrogens with two attached hydrogens (primary N) is 1. The van der Waals surface area contributed by atoms with Gasteiger partial charge in [0.25, 0.3) is 0 Å². The fraction of sp³-hybridized carbons (Fsp3) is 0.200. The van der Waals surface area contributed by atoms with E-state index in [1.54, 1.807) is 12.3 Å². The molecule has 0 saturated heterocycles. The van der Waals surface area contributed by atoms with Gasteiger partial charge in [-0.15, -0.1) is 0 Å². The normalized spacial score (nSPS) is 10.1. The maximum absolute atomic E-state index is 11.4. The van der Waals surface area contributed by atoms with Crippen LogP contribution in [-0.4, -0.2) is 30.3 Å². The highest BCUT2D eigenvalue weighted by Gasteiger charge is 2.17. The van der Waals surface area contributed by atoms with E-state index in [1.807, 2.05) is 6.92 Å². The van der Waals surface area contributed by atoms with Crippen molar-refractivity contribution in [3.63, 3.8) is 0 Å². The number of aryl methyl sites for hydroxylation is 1. The molecule has 0 amide bonds. The molecule has 0 spiro atoms. The number of carboxylic acid groups (broad SMARTS) is 1. The number of benzene rings is 1. The number of hydrogen-bond acceptors (Lipinski definition) is 6. The number of carboxylic acids is 1. The van der Waals surface area contributed by atoms with Crippen LogP contribution >= 0.6 is 0 Å². The van der Waals surface area contributed by atoms with Crippen molar-refractivity contribution < 1.29 is 19.4 Å². The Morgan fingerprint density at radius 1 is 1.23 bits per heavy atom. The van der Waals surface area contributed by atoms with Crippen LogP contribution in [0.15, 0.2) is 24.4 Å². The Balaban J connectivity index is 2.50. The highest BCUT2D eigenvalue weighted by atomic mass is 16.5. The van der Waals surface area contributed by atoms with Crippen molar-refractivity contribution in [2.45, 2.75) is 6.92 Å². The molecule has 22 heavy (non-hydrogen) atoms. The minimum Gasteiger partial charge on any atom is -0.493 e. The molecule has 1 aromatic heterocycles. The second-order valence-corrected chi connectivity index (χ2v) is 4.63. The molecule has 7 heteroatoms. The zero-order valence-corrected chi connectivity index (χ0v) is 12.5. The molecule has 2 aromatic rings. The standard InChI is InChI=1S/C15H17N3O4/c1-8-4-10(16)14(17-7-8)18-11-6-13(22-3)12(21-2)5-9(11)15(19)20/h4-7H,16H2,1-3H3,(H,17,18)(H,19,20). The van der Waals surface area contributed by atoms with Gasteiger partial charge in [0.05, 0.1) is 31.2 Å². The van der Waals surface area contributed by atoms with Crippen molar-refractivity contribution in [1.29, 1.82) is 0 Å². The molecular formula is C15H17N3O4. The SMILES string of the molecule is COc1cc(Nc2ncc(C)cc2N)c(C(=O)O)cc1OC. The number of nitrogens with one attached hydrogen (secondary N) is 1. The van der Waals surface area contributed by atoms with E-state index < -0.39 is 5.97 Å². The van der Waals surface area contributed by atoms with Gasteiger partial charge in [0.2, 0.25) is 0 Å². The van der Waals surface area contributed by atoms with Gasteiger partial charge in [-0.3, -0.25) is 0 Å². The van der Waals surface area contributed by atoms with E-state index in [4.69, 9.17) is 15.2 Å². The summed E-state index contributed by atoms with van der Waals surface area (Å²) in [5, 5.41) is 12.3.